The number of allylic oxidation sites excluding steroid dienone is 1. The zero-order valence-electron chi connectivity index (χ0n) is 14.2. The first-order valence-electron chi connectivity index (χ1n) is 7.60. The molecule has 0 spiro atoms. The molecule has 0 fully saturated rings. The van der Waals surface area contributed by atoms with E-state index in [1.165, 1.54) is 6.07 Å². The molecule has 0 heterocycles. The van der Waals surface area contributed by atoms with E-state index in [1.807, 2.05) is 5.32 Å². The third kappa shape index (κ3) is 5.63. The van der Waals surface area contributed by atoms with E-state index in [1.54, 1.807) is 0 Å². The summed E-state index contributed by atoms with van der Waals surface area (Å²) in [6.07, 6.45) is -9.83. The molecule has 160 valence electrons. The molecule has 0 saturated carbocycles. The number of benzene rings is 2. The Hall–Kier alpha value is -2.79. The van der Waals surface area contributed by atoms with Crippen molar-refractivity contribution in [2.24, 2.45) is 0 Å². The summed E-state index contributed by atoms with van der Waals surface area (Å²) in [6, 6.07) is 3.84. The third-order valence-corrected chi connectivity index (χ3v) is 4.31. The number of hydrogen-bond acceptors (Lipinski definition) is 4. The highest BCUT2D eigenvalue weighted by molar-refractivity contribution is 6.42. The van der Waals surface area contributed by atoms with Crippen molar-refractivity contribution >= 4 is 34.7 Å². The lowest BCUT2D eigenvalue weighted by atomic mass is 10.1. The minimum Gasteiger partial charge on any atom is -0.356 e. The summed E-state index contributed by atoms with van der Waals surface area (Å²) >= 11 is 11.4. The lowest BCUT2D eigenvalue weighted by Gasteiger charge is -2.14. The molecule has 2 aromatic carbocycles. The van der Waals surface area contributed by atoms with Gasteiger partial charge in [-0.1, -0.05) is 23.2 Å². The molecule has 0 radical (unpaired) electrons. The molecule has 0 saturated heterocycles. The molecule has 0 aliphatic carbocycles. The van der Waals surface area contributed by atoms with Crippen molar-refractivity contribution < 1.29 is 36.1 Å². The Morgan fingerprint density at radius 3 is 1.90 bits per heavy atom. The van der Waals surface area contributed by atoms with Crippen molar-refractivity contribution in [2.45, 2.75) is 12.4 Å². The standard InChI is InChI=1S/C17H8Cl2F6N2O3/c18-12-2-1-8(3-13(12)19)15(28)14(27(29)30)7-26-11-5-9(16(20,21)22)4-10(6-11)17(23,24)25/h1-7,26H/b14-7-. The van der Waals surface area contributed by atoms with Crippen LogP contribution in [0.4, 0.5) is 32.0 Å². The molecule has 5 nitrogen and oxygen atoms in total. The van der Waals surface area contributed by atoms with Crippen LogP contribution in [-0.4, -0.2) is 10.7 Å². The number of ketones is 1. The molecule has 0 aromatic heterocycles. The zero-order chi connectivity index (χ0) is 22.9. The van der Waals surface area contributed by atoms with Gasteiger partial charge in [-0.15, -0.1) is 0 Å². The number of Topliss-reactive ketones (excluding diaryl/α,β-unsaturated/α-hetero) is 1. The number of nitro groups is 1. The molecule has 30 heavy (non-hydrogen) atoms. The molecule has 0 bridgehead atoms. The number of carbonyl (C=O) groups is 1. The predicted molar refractivity (Wildman–Crippen MR) is 95.9 cm³/mol. The maximum Gasteiger partial charge on any atom is 0.416 e. The number of rotatable bonds is 5. The van der Waals surface area contributed by atoms with Gasteiger partial charge in [0.2, 0.25) is 0 Å². The average Bonchev–Trinajstić information content (AvgIpc) is 2.62. The summed E-state index contributed by atoms with van der Waals surface area (Å²) in [4.78, 5) is 22.4. The largest absolute Gasteiger partial charge is 0.416 e. The average molecular weight is 473 g/mol. The van der Waals surface area contributed by atoms with Crippen LogP contribution in [0.5, 0.6) is 0 Å². The Morgan fingerprint density at radius 2 is 1.47 bits per heavy atom. The fraction of sp³-hybridized carbons (Fsp3) is 0.118. The second kappa shape index (κ2) is 8.52. The molecule has 13 heteroatoms. The van der Waals surface area contributed by atoms with E-state index in [-0.39, 0.29) is 21.7 Å². The molecular formula is C17H8Cl2F6N2O3. The molecule has 0 aliphatic heterocycles. The monoisotopic (exact) mass is 472 g/mol. The van der Waals surface area contributed by atoms with Gasteiger partial charge in [-0.2, -0.15) is 26.3 Å². The maximum atomic E-state index is 12.9. The van der Waals surface area contributed by atoms with E-state index in [4.69, 9.17) is 23.2 Å². The smallest absolute Gasteiger partial charge is 0.356 e. The van der Waals surface area contributed by atoms with Gasteiger partial charge in [-0.25, -0.2) is 0 Å². The molecule has 2 aromatic rings. The quantitative estimate of drug-likeness (QED) is 0.178. The topological polar surface area (TPSA) is 72.2 Å². The lowest BCUT2D eigenvalue weighted by Crippen LogP contribution is -2.14. The SMILES string of the molecule is O=C(/C(=C/Nc1cc(C(F)(F)F)cc(C(F)(F)F)c1)[N+](=O)[O-])c1ccc(Cl)c(Cl)c1. The molecular weight excluding hydrogens is 465 g/mol. The van der Waals surface area contributed by atoms with Crippen LogP contribution in [0, 0.1) is 10.1 Å². The minimum absolute atomic E-state index is 0.0571. The van der Waals surface area contributed by atoms with E-state index < -0.39 is 45.6 Å². The summed E-state index contributed by atoms with van der Waals surface area (Å²) in [7, 11) is 0. The van der Waals surface area contributed by atoms with E-state index >= 15 is 0 Å². The fourth-order valence-electron chi connectivity index (χ4n) is 2.18. The highest BCUT2D eigenvalue weighted by atomic mass is 35.5. The highest BCUT2D eigenvalue weighted by Crippen LogP contribution is 2.37. The Morgan fingerprint density at radius 1 is 0.933 bits per heavy atom. The van der Waals surface area contributed by atoms with Gasteiger partial charge >= 0.3 is 18.0 Å². The number of nitrogens with one attached hydrogen (secondary N) is 1. The van der Waals surface area contributed by atoms with Crippen LogP contribution in [0.1, 0.15) is 21.5 Å². The second-order valence-corrected chi connectivity index (χ2v) is 6.50. The number of anilines is 1. The van der Waals surface area contributed by atoms with Crippen LogP contribution in [-0.2, 0) is 12.4 Å². The van der Waals surface area contributed by atoms with Crippen molar-refractivity contribution in [2.75, 3.05) is 5.32 Å². The molecule has 2 rings (SSSR count). The van der Waals surface area contributed by atoms with Gasteiger partial charge in [-0.05, 0) is 36.4 Å². The summed E-state index contributed by atoms with van der Waals surface area (Å²) in [6.45, 7) is 0. The van der Waals surface area contributed by atoms with Gasteiger partial charge < -0.3 is 5.32 Å². The number of hydrogen-bond donors (Lipinski definition) is 1. The van der Waals surface area contributed by atoms with Gasteiger partial charge in [0.05, 0.1) is 32.3 Å². The van der Waals surface area contributed by atoms with Crippen LogP contribution in [0.25, 0.3) is 0 Å². The lowest BCUT2D eigenvalue weighted by molar-refractivity contribution is -0.416. The van der Waals surface area contributed by atoms with Gasteiger partial charge in [-0.3, -0.25) is 14.9 Å². The molecule has 0 aliphatic rings. The number of nitrogens with zero attached hydrogens (tertiary/aromatic N) is 1. The fourth-order valence-corrected chi connectivity index (χ4v) is 2.47. The molecule has 1 N–H and O–H groups in total. The number of halogens is 8. The van der Waals surface area contributed by atoms with Crippen molar-refractivity contribution in [1.29, 1.82) is 0 Å². The number of carbonyl (C=O) groups excluding carboxylic acids is 1. The van der Waals surface area contributed by atoms with Crippen LogP contribution in [0.3, 0.4) is 0 Å². The summed E-state index contributed by atoms with van der Waals surface area (Å²) in [5.74, 6) is -1.20. The van der Waals surface area contributed by atoms with Gasteiger partial charge in [0.1, 0.15) is 0 Å². The Bertz CT molecular complexity index is 1000. The van der Waals surface area contributed by atoms with Crippen LogP contribution < -0.4 is 5.32 Å². The number of alkyl halides is 6. The molecule has 0 atom stereocenters. The first-order valence-corrected chi connectivity index (χ1v) is 8.36. The highest BCUT2D eigenvalue weighted by Gasteiger charge is 2.37. The van der Waals surface area contributed by atoms with Gasteiger partial charge in [0.15, 0.2) is 0 Å². The van der Waals surface area contributed by atoms with Crippen molar-refractivity contribution in [3.05, 3.63) is 85.1 Å². The van der Waals surface area contributed by atoms with Crippen molar-refractivity contribution in [3.8, 4) is 0 Å². The van der Waals surface area contributed by atoms with E-state index in [0.717, 1.165) is 12.1 Å². The van der Waals surface area contributed by atoms with Gasteiger partial charge in [0.25, 0.3) is 5.78 Å². The minimum atomic E-state index is -5.11. The Balaban J connectivity index is 2.46. The Kier molecular flexibility index (Phi) is 6.67. The molecule has 0 unspecified atom stereocenters. The van der Waals surface area contributed by atoms with Crippen LogP contribution >= 0.6 is 23.2 Å². The first-order chi connectivity index (χ1) is 13.7. The van der Waals surface area contributed by atoms with Crippen molar-refractivity contribution in [1.82, 2.24) is 0 Å². The van der Waals surface area contributed by atoms with Crippen molar-refractivity contribution in [3.63, 3.8) is 0 Å². The first kappa shape index (κ1) is 23.5. The van der Waals surface area contributed by atoms with E-state index in [2.05, 4.69) is 0 Å². The van der Waals surface area contributed by atoms with Crippen LogP contribution in [0.15, 0.2) is 48.3 Å². The normalized spacial score (nSPS) is 12.6. The van der Waals surface area contributed by atoms with Crippen LogP contribution in [0.2, 0.25) is 10.0 Å². The predicted octanol–water partition coefficient (Wildman–Crippen LogP) is 6.44. The van der Waals surface area contributed by atoms with Gasteiger partial charge in [0, 0.05) is 11.3 Å². The van der Waals surface area contributed by atoms with E-state index in [9.17, 15) is 41.3 Å². The third-order valence-electron chi connectivity index (χ3n) is 3.57. The Labute approximate surface area is 174 Å². The summed E-state index contributed by atoms with van der Waals surface area (Å²) in [5, 5.41) is 13.1. The van der Waals surface area contributed by atoms with E-state index in [0.29, 0.717) is 18.3 Å². The summed E-state index contributed by atoms with van der Waals surface area (Å²) < 4.78 is 77.3. The second-order valence-electron chi connectivity index (χ2n) is 5.68. The maximum absolute atomic E-state index is 12.9. The zero-order valence-corrected chi connectivity index (χ0v) is 15.7. The summed E-state index contributed by atoms with van der Waals surface area (Å²) in [5.41, 5.74) is -5.45. The molecule has 0 amide bonds.